The molecule has 0 fully saturated rings. The molecule has 7 aromatic carbocycles. The van der Waals surface area contributed by atoms with Crippen molar-refractivity contribution in [2.24, 2.45) is 0 Å². The minimum absolute atomic E-state index is 0.560. The predicted octanol–water partition coefficient (Wildman–Crippen LogP) is 12.9. The van der Waals surface area contributed by atoms with Crippen LogP contribution in [0, 0.1) is 0 Å². The molecule has 0 unspecified atom stereocenters. The number of fused-ring (bicyclic) bond motifs is 6. The second-order valence-corrected chi connectivity index (χ2v) is 14.7. The molecule has 0 aliphatic rings. The summed E-state index contributed by atoms with van der Waals surface area (Å²) in [5.41, 5.74) is 9.07. The van der Waals surface area contributed by atoms with Gasteiger partial charge in [0.25, 0.3) is 0 Å². The van der Waals surface area contributed by atoms with Gasteiger partial charge < -0.3 is 4.42 Å². The molecule has 7 heteroatoms. The number of hydrogen-bond donors (Lipinski definition) is 0. The molecule has 56 heavy (non-hydrogen) atoms. The highest BCUT2D eigenvalue weighted by Gasteiger charge is 2.19. The van der Waals surface area contributed by atoms with Crippen molar-refractivity contribution in [3.63, 3.8) is 0 Å². The van der Waals surface area contributed by atoms with Gasteiger partial charge in [0.2, 0.25) is 0 Å². The van der Waals surface area contributed by atoms with Gasteiger partial charge >= 0.3 is 0 Å². The fourth-order valence-electron chi connectivity index (χ4n) is 7.46. The van der Waals surface area contributed by atoms with E-state index in [9.17, 15) is 0 Å². The summed E-state index contributed by atoms with van der Waals surface area (Å²) in [5, 5.41) is 4.43. The zero-order chi connectivity index (χ0) is 37.0. The van der Waals surface area contributed by atoms with Gasteiger partial charge in [0, 0.05) is 58.8 Å². The molecule has 0 N–H and O–H groups in total. The fraction of sp³-hybridized carbons (Fsp3) is 0. The van der Waals surface area contributed by atoms with Crippen LogP contribution in [0.15, 0.2) is 180 Å². The van der Waals surface area contributed by atoms with Gasteiger partial charge in [0.1, 0.15) is 11.2 Å². The van der Waals surface area contributed by atoms with E-state index in [-0.39, 0.29) is 0 Å². The highest BCUT2D eigenvalue weighted by molar-refractivity contribution is 7.26. The molecule has 4 heterocycles. The number of aromatic nitrogens is 5. The number of para-hydroxylation sites is 2. The van der Waals surface area contributed by atoms with E-state index in [0.717, 1.165) is 76.1 Å². The highest BCUT2D eigenvalue weighted by Crippen LogP contribution is 2.42. The summed E-state index contributed by atoms with van der Waals surface area (Å²) in [6.07, 6.45) is 0. The van der Waals surface area contributed by atoms with E-state index >= 15 is 0 Å². The summed E-state index contributed by atoms with van der Waals surface area (Å²) in [5.74, 6) is 2.45. The Balaban J connectivity index is 1.07. The van der Waals surface area contributed by atoms with Crippen molar-refractivity contribution in [3.05, 3.63) is 176 Å². The summed E-state index contributed by atoms with van der Waals surface area (Å²) in [7, 11) is 0. The normalized spacial score (nSPS) is 11.6. The molecule has 0 aliphatic carbocycles. The van der Waals surface area contributed by atoms with Gasteiger partial charge in [-0.05, 0) is 24.3 Å². The number of benzene rings is 7. The van der Waals surface area contributed by atoms with Crippen LogP contribution in [0.5, 0.6) is 0 Å². The maximum absolute atomic E-state index is 6.43. The lowest BCUT2D eigenvalue weighted by molar-refractivity contribution is 0.669. The monoisotopic (exact) mass is 735 g/mol. The van der Waals surface area contributed by atoms with Gasteiger partial charge in [-0.1, -0.05) is 152 Å². The molecular weight excluding hydrogens is 707 g/mol. The van der Waals surface area contributed by atoms with Gasteiger partial charge in [0.15, 0.2) is 23.3 Å². The third kappa shape index (κ3) is 5.52. The molecule has 0 bridgehead atoms. The topological polar surface area (TPSA) is 77.6 Å². The molecule has 0 aliphatic heterocycles. The van der Waals surface area contributed by atoms with E-state index in [1.165, 1.54) is 10.8 Å². The maximum atomic E-state index is 6.43. The van der Waals surface area contributed by atoms with Crippen LogP contribution in [-0.2, 0) is 0 Å². The van der Waals surface area contributed by atoms with E-state index < -0.39 is 0 Å². The van der Waals surface area contributed by atoms with E-state index in [4.69, 9.17) is 29.3 Å². The van der Waals surface area contributed by atoms with Gasteiger partial charge in [-0.25, -0.2) is 24.9 Å². The molecule has 11 aromatic rings. The summed E-state index contributed by atoms with van der Waals surface area (Å²) in [6.45, 7) is 0. The number of rotatable bonds is 6. The van der Waals surface area contributed by atoms with Crippen LogP contribution in [0.2, 0.25) is 0 Å². The first-order valence-corrected chi connectivity index (χ1v) is 19.2. The highest BCUT2D eigenvalue weighted by atomic mass is 32.1. The van der Waals surface area contributed by atoms with Crippen LogP contribution < -0.4 is 0 Å². The Morgan fingerprint density at radius 1 is 0.357 bits per heavy atom. The third-order valence-electron chi connectivity index (χ3n) is 10.2. The van der Waals surface area contributed by atoms with E-state index in [1.807, 2.05) is 97.1 Å². The molecule has 4 aromatic heterocycles. The van der Waals surface area contributed by atoms with Crippen molar-refractivity contribution >= 4 is 53.4 Å². The Labute approximate surface area is 325 Å². The van der Waals surface area contributed by atoms with Crippen molar-refractivity contribution in [2.75, 3.05) is 0 Å². The SMILES string of the molecule is c1ccc(-c2cc(-c3cccc4c3sc3cc(-c5nc(-c6ccccc6)nc(-c6cccc7c6oc6ccccc67)n5)ccc34)nc(-c3ccccc3)n2)cc1. The largest absolute Gasteiger partial charge is 0.455 e. The van der Waals surface area contributed by atoms with Crippen molar-refractivity contribution in [1.82, 2.24) is 24.9 Å². The molecule has 0 saturated carbocycles. The lowest BCUT2D eigenvalue weighted by Gasteiger charge is -2.10. The standard InChI is InChI=1S/C49H29N5OS/c1-4-14-30(15-5-1)40-29-41(51-46(50-40)31-16-6-2-7-17-31)38-23-13-22-37-35-27-26-33(28-43(35)56-45(37)38)48-52-47(32-18-8-3-9-19-32)53-49(54-48)39-24-12-21-36-34-20-10-11-25-42(34)55-44(36)39/h1-29H. The molecule has 0 amide bonds. The molecule has 0 spiro atoms. The summed E-state index contributed by atoms with van der Waals surface area (Å²) in [4.78, 5) is 25.4. The van der Waals surface area contributed by atoms with E-state index in [0.29, 0.717) is 23.3 Å². The smallest absolute Gasteiger partial charge is 0.167 e. The molecule has 6 nitrogen and oxygen atoms in total. The van der Waals surface area contributed by atoms with Gasteiger partial charge in [-0.15, -0.1) is 11.3 Å². The quantitative estimate of drug-likeness (QED) is 0.169. The first-order valence-electron chi connectivity index (χ1n) is 18.4. The van der Waals surface area contributed by atoms with E-state index in [1.54, 1.807) is 11.3 Å². The third-order valence-corrected chi connectivity index (χ3v) is 11.4. The van der Waals surface area contributed by atoms with Gasteiger partial charge in [-0.3, -0.25) is 0 Å². The lowest BCUT2D eigenvalue weighted by Crippen LogP contribution is -2.00. The van der Waals surface area contributed by atoms with Crippen molar-refractivity contribution in [1.29, 1.82) is 0 Å². The van der Waals surface area contributed by atoms with Crippen molar-refractivity contribution in [3.8, 4) is 68.1 Å². The Morgan fingerprint density at radius 2 is 0.929 bits per heavy atom. The fourth-order valence-corrected chi connectivity index (χ4v) is 8.73. The Morgan fingerprint density at radius 3 is 1.68 bits per heavy atom. The summed E-state index contributed by atoms with van der Waals surface area (Å²) < 4.78 is 8.72. The van der Waals surface area contributed by atoms with Gasteiger partial charge in [-0.2, -0.15) is 0 Å². The number of hydrogen-bond acceptors (Lipinski definition) is 7. The molecular formula is C49H29N5OS. The van der Waals surface area contributed by atoms with Crippen LogP contribution in [0.1, 0.15) is 0 Å². The summed E-state index contributed by atoms with van der Waals surface area (Å²) >= 11 is 1.75. The zero-order valence-electron chi connectivity index (χ0n) is 29.8. The Kier molecular flexibility index (Phi) is 7.57. The van der Waals surface area contributed by atoms with Crippen molar-refractivity contribution in [2.45, 2.75) is 0 Å². The van der Waals surface area contributed by atoms with E-state index in [2.05, 4.69) is 78.9 Å². The first-order chi connectivity index (χ1) is 27.7. The first kappa shape index (κ1) is 32.1. The molecule has 11 rings (SSSR count). The van der Waals surface area contributed by atoms with Crippen LogP contribution in [0.25, 0.3) is 110 Å². The average molecular weight is 736 g/mol. The number of thiophene rings is 1. The average Bonchev–Trinajstić information content (AvgIpc) is 3.85. The minimum atomic E-state index is 0.560. The maximum Gasteiger partial charge on any atom is 0.167 e. The van der Waals surface area contributed by atoms with Crippen LogP contribution in [0.3, 0.4) is 0 Å². The van der Waals surface area contributed by atoms with Crippen molar-refractivity contribution < 1.29 is 4.42 Å². The second-order valence-electron chi connectivity index (χ2n) is 13.6. The number of furan rings is 1. The molecule has 0 radical (unpaired) electrons. The second kappa shape index (κ2) is 13.2. The number of nitrogens with zero attached hydrogens (tertiary/aromatic N) is 5. The Bertz CT molecular complexity index is 3190. The van der Waals surface area contributed by atoms with Crippen LogP contribution in [0.4, 0.5) is 0 Å². The zero-order valence-corrected chi connectivity index (χ0v) is 30.6. The minimum Gasteiger partial charge on any atom is -0.455 e. The predicted molar refractivity (Wildman–Crippen MR) is 228 cm³/mol. The molecule has 0 saturated heterocycles. The summed E-state index contributed by atoms with van der Waals surface area (Å²) in [6, 6.07) is 59.8. The van der Waals surface area contributed by atoms with Crippen LogP contribution >= 0.6 is 11.3 Å². The van der Waals surface area contributed by atoms with Crippen LogP contribution in [-0.4, -0.2) is 24.9 Å². The lowest BCUT2D eigenvalue weighted by atomic mass is 10.0. The Hall–Kier alpha value is -7.35. The molecule has 0 atom stereocenters. The van der Waals surface area contributed by atoms with Gasteiger partial charge in [0.05, 0.1) is 17.0 Å². The molecule has 262 valence electrons.